The number of halogens is 1. The first kappa shape index (κ1) is 21.4. The van der Waals surface area contributed by atoms with Crippen LogP contribution in [0.4, 0.5) is 5.69 Å². The predicted octanol–water partition coefficient (Wildman–Crippen LogP) is 4.63. The minimum atomic E-state index is -0.497. The van der Waals surface area contributed by atoms with Crippen molar-refractivity contribution in [3.63, 3.8) is 0 Å². The molecule has 0 radical (unpaired) electrons. The molecule has 0 bridgehead atoms. The lowest BCUT2D eigenvalue weighted by Gasteiger charge is -2.13. The van der Waals surface area contributed by atoms with Crippen LogP contribution in [0.5, 0.6) is 0 Å². The SMILES string of the molecule is CSCC[C@H](N)C(=O)Nc1ccc2nc3c(c(C)c2c1)c1ccccc1n3C.Cl. The minimum Gasteiger partial charge on any atom is -0.328 e. The average molecular weight is 429 g/mol. The molecule has 0 aliphatic carbocycles. The van der Waals surface area contributed by atoms with E-state index in [4.69, 9.17) is 10.7 Å². The molecule has 152 valence electrons. The van der Waals surface area contributed by atoms with E-state index in [9.17, 15) is 4.79 Å². The summed E-state index contributed by atoms with van der Waals surface area (Å²) in [5.41, 5.74) is 11.0. The first-order valence-corrected chi connectivity index (χ1v) is 10.7. The third-order valence-electron chi connectivity index (χ3n) is 5.32. The minimum absolute atomic E-state index is 0. The molecule has 1 atom stereocenters. The number of nitrogens with one attached hydrogen (secondary N) is 1. The van der Waals surface area contributed by atoms with Gasteiger partial charge in [0, 0.05) is 28.9 Å². The number of para-hydroxylation sites is 1. The Labute approximate surface area is 180 Å². The third-order valence-corrected chi connectivity index (χ3v) is 5.96. The standard InChI is InChI=1S/C22H24N4OS.ClH/c1-13-16-12-14(24-22(27)17(23)10-11-28-3)8-9-18(16)25-21-20(13)15-6-4-5-7-19(15)26(21)2;/h4-9,12,17H,10-11,23H2,1-3H3,(H,24,27);1H/t17-;/m0./s1. The lowest BCUT2D eigenvalue weighted by molar-refractivity contribution is -0.117. The Hall–Kier alpha value is -2.28. The number of amides is 1. The van der Waals surface area contributed by atoms with Crippen LogP contribution >= 0.6 is 24.2 Å². The summed E-state index contributed by atoms with van der Waals surface area (Å²) in [5, 5.41) is 6.35. The Bertz CT molecular complexity index is 1200. The molecule has 4 rings (SSSR count). The third kappa shape index (κ3) is 3.80. The van der Waals surface area contributed by atoms with Crippen molar-refractivity contribution in [2.45, 2.75) is 19.4 Å². The molecular weight excluding hydrogens is 404 g/mol. The number of hydrogen-bond acceptors (Lipinski definition) is 4. The van der Waals surface area contributed by atoms with Crippen LogP contribution in [0.2, 0.25) is 0 Å². The lowest BCUT2D eigenvalue weighted by Crippen LogP contribution is -2.36. The molecule has 5 nitrogen and oxygen atoms in total. The van der Waals surface area contributed by atoms with Crippen LogP contribution in [0.25, 0.3) is 32.8 Å². The van der Waals surface area contributed by atoms with Gasteiger partial charge in [-0.1, -0.05) is 18.2 Å². The van der Waals surface area contributed by atoms with E-state index in [1.807, 2.05) is 37.6 Å². The van der Waals surface area contributed by atoms with E-state index >= 15 is 0 Å². The number of aromatic nitrogens is 2. The van der Waals surface area contributed by atoms with E-state index in [1.54, 1.807) is 11.8 Å². The zero-order chi connectivity index (χ0) is 19.8. The Morgan fingerprint density at radius 3 is 2.76 bits per heavy atom. The summed E-state index contributed by atoms with van der Waals surface area (Å²) in [4.78, 5) is 17.3. The Morgan fingerprint density at radius 1 is 1.24 bits per heavy atom. The molecule has 0 aliphatic heterocycles. The maximum atomic E-state index is 12.4. The largest absolute Gasteiger partial charge is 0.328 e. The first-order valence-electron chi connectivity index (χ1n) is 9.34. The van der Waals surface area contributed by atoms with E-state index in [2.05, 4.69) is 35.0 Å². The molecule has 0 fully saturated rings. The van der Waals surface area contributed by atoms with Crippen LogP contribution in [-0.4, -0.2) is 33.5 Å². The second kappa shape index (κ2) is 8.61. The van der Waals surface area contributed by atoms with Crippen LogP contribution in [0.15, 0.2) is 42.5 Å². The van der Waals surface area contributed by atoms with Crippen molar-refractivity contribution in [1.29, 1.82) is 0 Å². The van der Waals surface area contributed by atoms with Gasteiger partial charge in [-0.3, -0.25) is 4.79 Å². The number of fused-ring (bicyclic) bond motifs is 4. The van der Waals surface area contributed by atoms with Gasteiger partial charge in [0.1, 0.15) is 5.65 Å². The number of aryl methyl sites for hydroxylation is 2. The fourth-order valence-corrected chi connectivity index (χ4v) is 4.24. The molecule has 3 N–H and O–H groups in total. The predicted molar refractivity (Wildman–Crippen MR) is 127 cm³/mol. The number of rotatable bonds is 5. The van der Waals surface area contributed by atoms with Crippen LogP contribution in [-0.2, 0) is 11.8 Å². The fraction of sp³-hybridized carbons (Fsp3) is 0.273. The Kier molecular flexibility index (Phi) is 6.36. The van der Waals surface area contributed by atoms with Gasteiger partial charge in [0.2, 0.25) is 5.91 Å². The van der Waals surface area contributed by atoms with E-state index in [-0.39, 0.29) is 18.3 Å². The summed E-state index contributed by atoms with van der Waals surface area (Å²) >= 11 is 1.69. The van der Waals surface area contributed by atoms with Gasteiger partial charge in [-0.05, 0) is 55.2 Å². The van der Waals surface area contributed by atoms with Crippen LogP contribution in [0.3, 0.4) is 0 Å². The first-order chi connectivity index (χ1) is 13.5. The highest BCUT2D eigenvalue weighted by atomic mass is 35.5. The molecule has 2 heterocycles. The van der Waals surface area contributed by atoms with Crippen molar-refractivity contribution < 1.29 is 4.79 Å². The number of thioether (sulfide) groups is 1. The van der Waals surface area contributed by atoms with E-state index < -0.39 is 6.04 Å². The summed E-state index contributed by atoms with van der Waals surface area (Å²) in [6, 6.07) is 13.7. The summed E-state index contributed by atoms with van der Waals surface area (Å²) in [6.07, 6.45) is 2.68. The zero-order valence-electron chi connectivity index (χ0n) is 16.7. The molecule has 2 aromatic carbocycles. The van der Waals surface area contributed by atoms with Gasteiger partial charge in [-0.15, -0.1) is 12.4 Å². The number of pyridine rings is 1. The second-order valence-electron chi connectivity index (χ2n) is 7.12. The molecule has 1 amide bonds. The Balaban J connectivity index is 0.00000240. The summed E-state index contributed by atoms with van der Waals surface area (Å²) < 4.78 is 2.14. The van der Waals surface area contributed by atoms with Crippen LogP contribution in [0.1, 0.15) is 12.0 Å². The van der Waals surface area contributed by atoms with Crippen molar-refractivity contribution in [3.05, 3.63) is 48.0 Å². The smallest absolute Gasteiger partial charge is 0.241 e. The van der Waals surface area contributed by atoms with Gasteiger partial charge in [-0.2, -0.15) is 11.8 Å². The lowest BCUT2D eigenvalue weighted by atomic mass is 10.0. The molecule has 0 saturated heterocycles. The van der Waals surface area contributed by atoms with Crippen molar-refractivity contribution in [3.8, 4) is 0 Å². The van der Waals surface area contributed by atoms with Gasteiger partial charge in [0.05, 0.1) is 17.1 Å². The van der Waals surface area contributed by atoms with E-state index in [0.29, 0.717) is 6.42 Å². The molecule has 0 saturated carbocycles. The van der Waals surface area contributed by atoms with E-state index in [0.717, 1.165) is 38.9 Å². The van der Waals surface area contributed by atoms with Gasteiger partial charge in [-0.25, -0.2) is 4.98 Å². The molecule has 2 aromatic heterocycles. The molecular formula is C22H25ClN4OS. The highest BCUT2D eigenvalue weighted by Gasteiger charge is 2.16. The quantitative estimate of drug-likeness (QED) is 0.486. The summed E-state index contributed by atoms with van der Waals surface area (Å²) in [7, 11) is 2.05. The van der Waals surface area contributed by atoms with Gasteiger partial charge in [0.15, 0.2) is 0 Å². The zero-order valence-corrected chi connectivity index (χ0v) is 18.4. The van der Waals surface area contributed by atoms with Crippen LogP contribution < -0.4 is 11.1 Å². The number of anilines is 1. The molecule has 0 spiro atoms. The van der Waals surface area contributed by atoms with Crippen molar-refractivity contribution in [1.82, 2.24) is 9.55 Å². The van der Waals surface area contributed by atoms with Crippen LogP contribution in [0, 0.1) is 6.92 Å². The highest BCUT2D eigenvalue weighted by molar-refractivity contribution is 7.98. The molecule has 29 heavy (non-hydrogen) atoms. The number of nitrogens with zero attached hydrogens (tertiary/aromatic N) is 2. The maximum absolute atomic E-state index is 12.4. The normalized spacial score (nSPS) is 12.3. The average Bonchev–Trinajstić information content (AvgIpc) is 2.99. The Morgan fingerprint density at radius 2 is 2.00 bits per heavy atom. The summed E-state index contributed by atoms with van der Waals surface area (Å²) in [6.45, 7) is 2.12. The monoisotopic (exact) mass is 428 g/mol. The van der Waals surface area contributed by atoms with Gasteiger partial charge < -0.3 is 15.6 Å². The number of carbonyl (C=O) groups excluding carboxylic acids is 1. The second-order valence-corrected chi connectivity index (χ2v) is 8.11. The van der Waals surface area contributed by atoms with Crippen molar-refractivity contribution >= 4 is 68.6 Å². The summed E-state index contributed by atoms with van der Waals surface area (Å²) in [5.74, 6) is 0.722. The van der Waals surface area contributed by atoms with Crippen molar-refractivity contribution in [2.75, 3.05) is 17.3 Å². The molecule has 0 unspecified atom stereocenters. The topological polar surface area (TPSA) is 72.9 Å². The molecule has 4 aromatic rings. The fourth-order valence-electron chi connectivity index (χ4n) is 3.75. The van der Waals surface area contributed by atoms with Gasteiger partial charge in [0.25, 0.3) is 0 Å². The highest BCUT2D eigenvalue weighted by Crippen LogP contribution is 2.34. The molecule has 7 heteroatoms. The van der Waals surface area contributed by atoms with E-state index in [1.165, 1.54) is 10.9 Å². The van der Waals surface area contributed by atoms with Crippen molar-refractivity contribution in [2.24, 2.45) is 12.8 Å². The number of hydrogen-bond donors (Lipinski definition) is 2. The number of nitrogens with two attached hydrogens (primary N) is 1. The molecule has 0 aliphatic rings. The van der Waals surface area contributed by atoms with Gasteiger partial charge >= 0.3 is 0 Å². The number of benzene rings is 2. The number of carbonyl (C=O) groups is 1. The maximum Gasteiger partial charge on any atom is 0.241 e.